The third kappa shape index (κ3) is 3.32. The zero-order chi connectivity index (χ0) is 15.3. The fraction of sp³-hybridized carbons (Fsp3) is 0.364. The molecule has 0 spiro atoms. The second-order valence-electron chi connectivity index (χ2n) is 3.66. The van der Waals surface area contributed by atoms with E-state index in [2.05, 4.69) is 10.1 Å². The van der Waals surface area contributed by atoms with Crippen molar-refractivity contribution in [3.05, 3.63) is 28.1 Å². The fourth-order valence-electron chi connectivity index (χ4n) is 1.48. The highest BCUT2D eigenvalue weighted by Crippen LogP contribution is 2.32. The molecule has 2 N–H and O–H groups in total. The first-order valence-electron chi connectivity index (χ1n) is 5.41. The molecule has 0 saturated carbocycles. The molecule has 9 heteroatoms. The Morgan fingerprint density at radius 3 is 2.65 bits per heavy atom. The molecular weight excluding hydrogens is 275 g/mol. The average Bonchev–Trinajstić information content (AvgIpc) is 2.44. The Morgan fingerprint density at radius 2 is 2.20 bits per heavy atom. The molecule has 0 aliphatic heterocycles. The van der Waals surface area contributed by atoms with Crippen molar-refractivity contribution < 1.29 is 28.7 Å². The first-order valence-corrected chi connectivity index (χ1v) is 5.41. The summed E-state index contributed by atoms with van der Waals surface area (Å²) in [6.07, 6.45) is 0. The van der Waals surface area contributed by atoms with Gasteiger partial charge in [0.15, 0.2) is 11.6 Å². The zero-order valence-electron chi connectivity index (χ0n) is 10.8. The number of methoxy groups -OCH3 is 2. The van der Waals surface area contributed by atoms with Gasteiger partial charge >= 0.3 is 5.97 Å². The van der Waals surface area contributed by atoms with Gasteiger partial charge in [-0.1, -0.05) is 0 Å². The van der Waals surface area contributed by atoms with Gasteiger partial charge in [0.25, 0.3) is 5.69 Å². The Labute approximate surface area is 113 Å². The molecule has 0 heterocycles. The largest absolute Gasteiger partial charge is 0.494 e. The summed E-state index contributed by atoms with van der Waals surface area (Å²) in [4.78, 5) is 21.4. The molecule has 1 aromatic carbocycles. The fourth-order valence-corrected chi connectivity index (χ4v) is 1.48. The summed E-state index contributed by atoms with van der Waals surface area (Å²) in [5, 5.41) is 22.3. The normalized spacial score (nSPS) is 11.6. The number of carbonyl (C=O) groups excluding carboxylic acids is 1. The minimum absolute atomic E-state index is 0.169. The van der Waals surface area contributed by atoms with E-state index in [1.54, 1.807) is 0 Å². The molecule has 0 radical (unpaired) electrons. The van der Waals surface area contributed by atoms with Crippen LogP contribution in [0.25, 0.3) is 0 Å². The zero-order valence-corrected chi connectivity index (χ0v) is 10.8. The van der Waals surface area contributed by atoms with Crippen LogP contribution in [0.5, 0.6) is 5.75 Å². The number of nitro benzene ring substituents is 1. The Kier molecular flexibility index (Phi) is 5.21. The lowest BCUT2D eigenvalue weighted by atomic mass is 10.2. The lowest BCUT2D eigenvalue weighted by Gasteiger charge is -2.16. The van der Waals surface area contributed by atoms with Crippen molar-refractivity contribution in [2.45, 2.75) is 6.04 Å². The van der Waals surface area contributed by atoms with Crippen LogP contribution in [0.15, 0.2) is 12.1 Å². The summed E-state index contributed by atoms with van der Waals surface area (Å²) in [5.74, 6) is -1.96. The predicted molar refractivity (Wildman–Crippen MR) is 66.1 cm³/mol. The van der Waals surface area contributed by atoms with Crippen molar-refractivity contribution in [1.82, 2.24) is 0 Å². The van der Waals surface area contributed by atoms with Crippen LogP contribution in [0.4, 0.5) is 15.8 Å². The number of nitro groups is 1. The van der Waals surface area contributed by atoms with Gasteiger partial charge in [0.1, 0.15) is 11.7 Å². The van der Waals surface area contributed by atoms with Crippen molar-refractivity contribution in [2.24, 2.45) is 0 Å². The van der Waals surface area contributed by atoms with Gasteiger partial charge in [0.05, 0.1) is 31.8 Å². The number of hydrogen-bond donors (Lipinski definition) is 2. The minimum atomic E-state index is -1.21. The molecule has 1 rings (SSSR count). The molecule has 1 unspecified atom stereocenters. The van der Waals surface area contributed by atoms with Gasteiger partial charge in [-0.15, -0.1) is 0 Å². The van der Waals surface area contributed by atoms with E-state index in [1.807, 2.05) is 0 Å². The van der Waals surface area contributed by atoms with E-state index in [4.69, 9.17) is 9.84 Å². The van der Waals surface area contributed by atoms with Gasteiger partial charge in [-0.25, -0.2) is 9.18 Å². The van der Waals surface area contributed by atoms with Gasteiger partial charge in [0, 0.05) is 6.07 Å². The van der Waals surface area contributed by atoms with Crippen LogP contribution in [0.3, 0.4) is 0 Å². The number of aliphatic hydroxyl groups excluding tert-OH is 1. The van der Waals surface area contributed by atoms with Crippen LogP contribution < -0.4 is 10.1 Å². The van der Waals surface area contributed by atoms with Crippen LogP contribution in [0.1, 0.15) is 0 Å². The Morgan fingerprint density at radius 1 is 1.55 bits per heavy atom. The maximum atomic E-state index is 13.4. The number of rotatable bonds is 6. The van der Waals surface area contributed by atoms with Gasteiger partial charge in [0.2, 0.25) is 0 Å². The van der Waals surface area contributed by atoms with Gasteiger partial charge in [-0.2, -0.15) is 0 Å². The molecule has 1 aromatic rings. The molecule has 0 aliphatic carbocycles. The molecule has 0 fully saturated rings. The SMILES string of the molecule is COC(=O)C(CO)Nc1cc(OC)c(F)cc1[N+](=O)[O-]. The second kappa shape index (κ2) is 6.66. The number of aliphatic hydroxyl groups is 1. The summed E-state index contributed by atoms with van der Waals surface area (Å²) in [7, 11) is 2.30. The molecule has 0 amide bonds. The number of carbonyl (C=O) groups is 1. The van der Waals surface area contributed by atoms with Crippen LogP contribution >= 0.6 is 0 Å². The molecule has 20 heavy (non-hydrogen) atoms. The van der Waals surface area contributed by atoms with E-state index >= 15 is 0 Å². The lowest BCUT2D eigenvalue weighted by molar-refractivity contribution is -0.384. The van der Waals surface area contributed by atoms with Crippen molar-refractivity contribution in [2.75, 3.05) is 26.1 Å². The number of anilines is 1. The van der Waals surface area contributed by atoms with Gasteiger partial charge < -0.3 is 19.9 Å². The molecule has 0 bridgehead atoms. The van der Waals surface area contributed by atoms with Crippen LogP contribution in [-0.4, -0.2) is 42.9 Å². The van der Waals surface area contributed by atoms with Crippen molar-refractivity contribution >= 4 is 17.3 Å². The van der Waals surface area contributed by atoms with Crippen LogP contribution in [0.2, 0.25) is 0 Å². The number of nitrogens with zero attached hydrogens (tertiary/aromatic N) is 1. The quantitative estimate of drug-likeness (QED) is 0.450. The van der Waals surface area contributed by atoms with Crippen molar-refractivity contribution in [3.63, 3.8) is 0 Å². The maximum absolute atomic E-state index is 13.4. The summed E-state index contributed by atoms with van der Waals surface area (Å²) >= 11 is 0. The first kappa shape index (κ1) is 15.6. The van der Waals surface area contributed by atoms with Crippen LogP contribution in [-0.2, 0) is 9.53 Å². The van der Waals surface area contributed by atoms with E-state index < -0.39 is 35.0 Å². The molecule has 1 atom stereocenters. The third-order valence-corrected chi connectivity index (χ3v) is 2.46. The van der Waals surface area contributed by atoms with Crippen molar-refractivity contribution in [1.29, 1.82) is 0 Å². The smallest absolute Gasteiger partial charge is 0.330 e. The van der Waals surface area contributed by atoms with E-state index in [1.165, 1.54) is 7.11 Å². The number of benzene rings is 1. The van der Waals surface area contributed by atoms with Gasteiger partial charge in [-0.3, -0.25) is 10.1 Å². The van der Waals surface area contributed by atoms with E-state index in [9.17, 15) is 19.3 Å². The Balaban J connectivity index is 3.20. The van der Waals surface area contributed by atoms with E-state index in [0.717, 1.165) is 13.2 Å². The number of ether oxygens (including phenoxy) is 2. The van der Waals surface area contributed by atoms with Crippen molar-refractivity contribution in [3.8, 4) is 5.75 Å². The topological polar surface area (TPSA) is 111 Å². The highest BCUT2D eigenvalue weighted by Gasteiger charge is 2.24. The van der Waals surface area contributed by atoms with Crippen LogP contribution in [0, 0.1) is 15.9 Å². The second-order valence-corrected chi connectivity index (χ2v) is 3.66. The average molecular weight is 288 g/mol. The number of esters is 1. The number of nitrogens with one attached hydrogen (secondary N) is 1. The number of hydrogen-bond acceptors (Lipinski definition) is 7. The minimum Gasteiger partial charge on any atom is -0.494 e. The summed E-state index contributed by atoms with van der Waals surface area (Å²) in [6.45, 7) is -0.649. The standard InChI is InChI=1S/C11H13FN2O6/c1-19-10-4-7(9(14(17)18)3-6(10)12)13-8(5-15)11(16)20-2/h3-4,8,13,15H,5H2,1-2H3. The van der Waals surface area contributed by atoms with Gasteiger partial charge in [-0.05, 0) is 0 Å². The highest BCUT2D eigenvalue weighted by atomic mass is 19.1. The summed E-state index contributed by atoms with van der Waals surface area (Å²) in [6, 6.07) is 0.472. The highest BCUT2D eigenvalue weighted by molar-refractivity contribution is 5.81. The molecule has 0 aromatic heterocycles. The first-order chi connectivity index (χ1) is 9.44. The summed E-state index contributed by atoms with van der Waals surface area (Å²) in [5.41, 5.74) is -0.761. The molecule has 8 nitrogen and oxygen atoms in total. The Bertz CT molecular complexity index is 522. The predicted octanol–water partition coefficient (Wildman–Crippen LogP) is 0.688. The molecular formula is C11H13FN2O6. The molecule has 0 saturated heterocycles. The number of halogens is 1. The Hall–Kier alpha value is -2.42. The third-order valence-electron chi connectivity index (χ3n) is 2.46. The van der Waals surface area contributed by atoms with E-state index in [-0.39, 0.29) is 11.4 Å². The molecule has 110 valence electrons. The monoisotopic (exact) mass is 288 g/mol. The lowest BCUT2D eigenvalue weighted by Crippen LogP contribution is -2.34. The molecule has 0 aliphatic rings. The summed E-state index contributed by atoms with van der Waals surface area (Å²) < 4.78 is 22.6. The van der Waals surface area contributed by atoms with E-state index in [0.29, 0.717) is 6.07 Å². The maximum Gasteiger partial charge on any atom is 0.330 e.